The van der Waals surface area contributed by atoms with Crippen LogP contribution < -0.4 is 4.74 Å². The number of benzene rings is 3. The molecule has 4 rings (SSSR count). The predicted octanol–water partition coefficient (Wildman–Crippen LogP) is 6.65. The molecular weight excluding hydrogens is 467 g/mol. The maximum Gasteiger partial charge on any atom is 0.253 e. The number of hydrogen-bond donors (Lipinski definition) is 0. The fourth-order valence-electron chi connectivity index (χ4n) is 4.11. The molecule has 4 nitrogen and oxygen atoms in total. The van der Waals surface area contributed by atoms with Crippen molar-refractivity contribution in [2.45, 2.75) is 32.9 Å². The molecule has 1 aliphatic rings. The number of nitrogens with zero attached hydrogens (tertiary/aromatic N) is 2. The molecule has 34 heavy (non-hydrogen) atoms. The first-order valence-electron chi connectivity index (χ1n) is 11.7. The van der Waals surface area contributed by atoms with Gasteiger partial charge in [0.1, 0.15) is 12.4 Å². The average Bonchev–Trinajstić information content (AvgIpc) is 2.85. The van der Waals surface area contributed by atoms with E-state index in [1.807, 2.05) is 59.5 Å². The maximum absolute atomic E-state index is 13.1. The van der Waals surface area contributed by atoms with Gasteiger partial charge in [0.15, 0.2) is 0 Å². The molecule has 1 heterocycles. The fourth-order valence-corrected chi connectivity index (χ4v) is 4.63. The Balaban J connectivity index is 1.32. The Labute approximate surface area is 212 Å². The summed E-state index contributed by atoms with van der Waals surface area (Å²) in [4.78, 5) is 17.3. The number of carbonyl (C=O) groups excluding carboxylic acids is 1. The van der Waals surface area contributed by atoms with E-state index in [0.717, 1.165) is 30.0 Å². The van der Waals surface area contributed by atoms with E-state index < -0.39 is 0 Å². The summed E-state index contributed by atoms with van der Waals surface area (Å²) in [5.74, 6) is 1.38. The Bertz CT molecular complexity index is 1100. The Morgan fingerprint density at radius 3 is 2.21 bits per heavy atom. The summed E-state index contributed by atoms with van der Waals surface area (Å²) in [6.45, 7) is 8.36. The molecule has 0 aliphatic carbocycles. The van der Waals surface area contributed by atoms with Gasteiger partial charge < -0.3 is 9.64 Å². The van der Waals surface area contributed by atoms with Crippen LogP contribution in [0.4, 0.5) is 0 Å². The van der Waals surface area contributed by atoms with Gasteiger partial charge in [0.25, 0.3) is 5.91 Å². The first-order chi connectivity index (χ1) is 16.4. The summed E-state index contributed by atoms with van der Waals surface area (Å²) in [6, 6.07) is 21.5. The van der Waals surface area contributed by atoms with Crippen molar-refractivity contribution in [2.75, 3.05) is 26.2 Å². The molecule has 178 valence electrons. The summed E-state index contributed by atoms with van der Waals surface area (Å²) >= 11 is 12.6. The first-order valence-corrected chi connectivity index (χ1v) is 12.4. The van der Waals surface area contributed by atoms with Crippen LogP contribution >= 0.6 is 23.2 Å². The van der Waals surface area contributed by atoms with Gasteiger partial charge in [-0.25, -0.2) is 0 Å². The summed E-state index contributed by atoms with van der Waals surface area (Å²) in [7, 11) is 0. The standard InChI is InChI=1S/C28H30Cl2N2O2/c1-20(2)22-9-11-24(12-10-22)34-19-21-5-3-6-23(17-21)28(33)32-15-13-31(14-16-32)18-25-26(29)7-4-8-27(25)30/h3-12,17,20H,13-16,18-19H2,1-2H3. The lowest BCUT2D eigenvalue weighted by Crippen LogP contribution is -2.48. The van der Waals surface area contributed by atoms with Crippen LogP contribution in [0.5, 0.6) is 5.75 Å². The molecule has 3 aromatic rings. The number of ether oxygens (including phenoxy) is 1. The van der Waals surface area contributed by atoms with Crippen LogP contribution in [0.15, 0.2) is 66.7 Å². The first kappa shape index (κ1) is 24.6. The quantitative estimate of drug-likeness (QED) is 0.366. The molecular formula is C28H30Cl2N2O2. The molecule has 0 aromatic heterocycles. The zero-order valence-electron chi connectivity index (χ0n) is 19.6. The van der Waals surface area contributed by atoms with Crippen molar-refractivity contribution in [3.63, 3.8) is 0 Å². The van der Waals surface area contributed by atoms with Gasteiger partial charge in [-0.05, 0) is 53.4 Å². The molecule has 1 amide bonds. The zero-order chi connectivity index (χ0) is 24.1. The van der Waals surface area contributed by atoms with E-state index in [4.69, 9.17) is 27.9 Å². The fraction of sp³-hybridized carbons (Fsp3) is 0.321. The van der Waals surface area contributed by atoms with E-state index in [1.165, 1.54) is 5.56 Å². The minimum Gasteiger partial charge on any atom is -0.489 e. The van der Waals surface area contributed by atoms with Gasteiger partial charge in [-0.15, -0.1) is 0 Å². The van der Waals surface area contributed by atoms with Crippen LogP contribution in [0.2, 0.25) is 10.0 Å². The SMILES string of the molecule is CC(C)c1ccc(OCc2cccc(C(=O)N3CCN(Cc4c(Cl)cccc4Cl)CC3)c2)cc1. The molecule has 0 bridgehead atoms. The predicted molar refractivity (Wildman–Crippen MR) is 139 cm³/mol. The van der Waals surface area contributed by atoms with Gasteiger partial charge in [0.2, 0.25) is 0 Å². The van der Waals surface area contributed by atoms with Crippen LogP contribution in [0.3, 0.4) is 0 Å². The van der Waals surface area contributed by atoms with Crippen molar-refractivity contribution < 1.29 is 9.53 Å². The van der Waals surface area contributed by atoms with Gasteiger partial charge in [-0.2, -0.15) is 0 Å². The number of rotatable bonds is 7. The lowest BCUT2D eigenvalue weighted by atomic mass is 10.0. The number of carbonyl (C=O) groups is 1. The molecule has 1 saturated heterocycles. The Morgan fingerprint density at radius 1 is 0.912 bits per heavy atom. The average molecular weight is 497 g/mol. The number of amides is 1. The minimum atomic E-state index is 0.0542. The molecule has 1 fully saturated rings. The van der Waals surface area contributed by atoms with E-state index >= 15 is 0 Å². The Kier molecular flexibility index (Phi) is 8.15. The van der Waals surface area contributed by atoms with Crippen LogP contribution in [0.25, 0.3) is 0 Å². The largest absolute Gasteiger partial charge is 0.489 e. The summed E-state index contributed by atoms with van der Waals surface area (Å²) in [5.41, 5.74) is 3.90. The van der Waals surface area contributed by atoms with Crippen molar-refractivity contribution in [1.29, 1.82) is 0 Å². The Morgan fingerprint density at radius 2 is 1.56 bits per heavy atom. The molecule has 0 radical (unpaired) electrons. The third kappa shape index (κ3) is 6.12. The number of hydrogen-bond acceptors (Lipinski definition) is 3. The second-order valence-corrected chi connectivity index (χ2v) is 9.80. The van der Waals surface area contributed by atoms with E-state index in [1.54, 1.807) is 0 Å². The third-order valence-electron chi connectivity index (χ3n) is 6.23. The van der Waals surface area contributed by atoms with Crippen molar-refractivity contribution in [3.8, 4) is 5.75 Å². The van der Waals surface area contributed by atoms with Crippen molar-refractivity contribution >= 4 is 29.1 Å². The molecule has 3 aromatic carbocycles. The van der Waals surface area contributed by atoms with Gasteiger partial charge in [0.05, 0.1) is 0 Å². The summed E-state index contributed by atoms with van der Waals surface area (Å²) in [5, 5.41) is 1.36. The van der Waals surface area contributed by atoms with E-state index in [-0.39, 0.29) is 5.91 Å². The van der Waals surface area contributed by atoms with Crippen molar-refractivity contribution in [1.82, 2.24) is 9.80 Å². The van der Waals surface area contributed by atoms with Crippen LogP contribution in [0, 0.1) is 0 Å². The van der Waals surface area contributed by atoms with Gasteiger partial charge in [-0.3, -0.25) is 9.69 Å². The van der Waals surface area contributed by atoms with Gasteiger partial charge >= 0.3 is 0 Å². The molecule has 0 unspecified atom stereocenters. The number of piperazine rings is 1. The Hall–Kier alpha value is -2.53. The maximum atomic E-state index is 13.1. The van der Waals surface area contributed by atoms with Crippen molar-refractivity contribution in [2.24, 2.45) is 0 Å². The van der Waals surface area contributed by atoms with E-state index in [0.29, 0.717) is 47.8 Å². The normalized spacial score (nSPS) is 14.4. The molecule has 6 heteroatoms. The van der Waals surface area contributed by atoms with E-state index in [9.17, 15) is 4.79 Å². The third-order valence-corrected chi connectivity index (χ3v) is 6.94. The van der Waals surface area contributed by atoms with Crippen LogP contribution in [-0.4, -0.2) is 41.9 Å². The van der Waals surface area contributed by atoms with E-state index in [2.05, 4.69) is 30.9 Å². The minimum absolute atomic E-state index is 0.0542. The summed E-state index contributed by atoms with van der Waals surface area (Å²) < 4.78 is 5.94. The summed E-state index contributed by atoms with van der Waals surface area (Å²) in [6.07, 6.45) is 0. The highest BCUT2D eigenvalue weighted by atomic mass is 35.5. The van der Waals surface area contributed by atoms with Gasteiger partial charge in [-0.1, -0.05) is 67.4 Å². The molecule has 0 N–H and O–H groups in total. The van der Waals surface area contributed by atoms with Gasteiger partial charge in [0, 0.05) is 53.9 Å². The highest BCUT2D eigenvalue weighted by molar-refractivity contribution is 6.35. The van der Waals surface area contributed by atoms with Crippen LogP contribution in [0.1, 0.15) is 46.8 Å². The molecule has 0 saturated carbocycles. The highest BCUT2D eigenvalue weighted by Gasteiger charge is 2.23. The molecule has 0 atom stereocenters. The number of halogens is 2. The van der Waals surface area contributed by atoms with Crippen LogP contribution in [-0.2, 0) is 13.2 Å². The van der Waals surface area contributed by atoms with Crippen molar-refractivity contribution in [3.05, 3.63) is 99.0 Å². The lowest BCUT2D eigenvalue weighted by molar-refractivity contribution is 0.0628. The zero-order valence-corrected chi connectivity index (χ0v) is 21.1. The lowest BCUT2D eigenvalue weighted by Gasteiger charge is -2.35. The topological polar surface area (TPSA) is 32.8 Å². The highest BCUT2D eigenvalue weighted by Crippen LogP contribution is 2.26. The molecule has 1 aliphatic heterocycles. The second-order valence-electron chi connectivity index (χ2n) is 8.98. The monoisotopic (exact) mass is 496 g/mol. The smallest absolute Gasteiger partial charge is 0.253 e. The second kappa shape index (κ2) is 11.3. The molecule has 0 spiro atoms.